The first-order valence-electron chi connectivity index (χ1n) is 11.2. The Morgan fingerprint density at radius 1 is 1.12 bits per heavy atom. The first-order valence-corrected chi connectivity index (χ1v) is 11.2. The Hall–Kier alpha value is -3.39. The number of ether oxygens (including phenoxy) is 1. The number of benzene rings is 2. The van der Waals surface area contributed by atoms with E-state index in [4.69, 9.17) is 10.5 Å². The third-order valence-corrected chi connectivity index (χ3v) is 5.65. The molecule has 33 heavy (non-hydrogen) atoms. The molecule has 1 saturated heterocycles. The number of primary amides is 1. The van der Waals surface area contributed by atoms with Crippen LogP contribution in [-0.4, -0.2) is 47.9 Å². The largest absolute Gasteiger partial charge is 0.484 e. The van der Waals surface area contributed by atoms with E-state index in [1.54, 1.807) is 18.2 Å². The first-order chi connectivity index (χ1) is 15.8. The Kier molecular flexibility index (Phi) is 8.43. The molecule has 0 aliphatic carbocycles. The highest BCUT2D eigenvalue weighted by atomic mass is 16.5. The van der Waals surface area contributed by atoms with Gasteiger partial charge in [0, 0.05) is 12.2 Å². The molecule has 0 bridgehead atoms. The molecule has 3 rings (SSSR count). The van der Waals surface area contributed by atoms with Crippen molar-refractivity contribution < 1.29 is 19.1 Å². The molecule has 2 aromatic rings. The monoisotopic (exact) mass is 452 g/mol. The van der Waals surface area contributed by atoms with Gasteiger partial charge in [-0.3, -0.25) is 19.3 Å². The van der Waals surface area contributed by atoms with Gasteiger partial charge in [0.05, 0.1) is 6.04 Å². The molecule has 8 heteroatoms. The van der Waals surface area contributed by atoms with Gasteiger partial charge in [-0.2, -0.15) is 0 Å². The smallest absolute Gasteiger partial charge is 0.258 e. The molecule has 1 aliphatic heterocycles. The Morgan fingerprint density at radius 3 is 2.58 bits per heavy atom. The lowest BCUT2D eigenvalue weighted by Crippen LogP contribution is -2.48. The molecule has 1 fully saturated rings. The summed E-state index contributed by atoms with van der Waals surface area (Å²) in [6, 6.07) is 15.6. The maximum atomic E-state index is 12.9. The van der Waals surface area contributed by atoms with E-state index in [1.807, 2.05) is 50.2 Å². The van der Waals surface area contributed by atoms with Crippen molar-refractivity contribution in [1.29, 1.82) is 0 Å². The number of hydrogen-bond acceptors (Lipinski definition) is 5. The number of rotatable bonds is 10. The molecule has 176 valence electrons. The molecule has 0 spiro atoms. The number of anilines is 1. The quantitative estimate of drug-likeness (QED) is 0.512. The molecule has 0 aromatic heterocycles. The van der Waals surface area contributed by atoms with Crippen LogP contribution in [0, 0.1) is 5.92 Å². The van der Waals surface area contributed by atoms with Crippen LogP contribution in [-0.2, 0) is 20.9 Å². The molecule has 2 atom stereocenters. The number of hydrogen-bond donors (Lipinski definition) is 3. The topological polar surface area (TPSA) is 114 Å². The van der Waals surface area contributed by atoms with E-state index >= 15 is 0 Å². The lowest BCUT2D eigenvalue weighted by atomic mass is 10.0. The zero-order valence-electron chi connectivity index (χ0n) is 19.1. The van der Waals surface area contributed by atoms with Crippen LogP contribution in [0.1, 0.15) is 32.3 Å². The minimum absolute atomic E-state index is 0.116. The average Bonchev–Trinajstić information content (AvgIpc) is 3.25. The van der Waals surface area contributed by atoms with E-state index in [1.165, 1.54) is 0 Å². The highest BCUT2D eigenvalue weighted by molar-refractivity contribution is 5.97. The van der Waals surface area contributed by atoms with E-state index < -0.39 is 6.04 Å². The minimum Gasteiger partial charge on any atom is -0.484 e. The van der Waals surface area contributed by atoms with Crippen molar-refractivity contribution in [2.45, 2.75) is 45.3 Å². The number of carbonyl (C=O) groups excluding carboxylic acids is 3. The van der Waals surface area contributed by atoms with Crippen molar-refractivity contribution in [2.24, 2.45) is 11.7 Å². The summed E-state index contributed by atoms with van der Waals surface area (Å²) in [5.41, 5.74) is 7.12. The average molecular weight is 453 g/mol. The fraction of sp³-hybridized carbons (Fsp3) is 0.400. The van der Waals surface area contributed by atoms with Crippen molar-refractivity contribution >= 4 is 23.4 Å². The Morgan fingerprint density at radius 2 is 1.88 bits per heavy atom. The molecule has 2 aromatic carbocycles. The second-order valence-electron chi connectivity index (χ2n) is 8.61. The van der Waals surface area contributed by atoms with Crippen LogP contribution in [0.15, 0.2) is 54.6 Å². The molecule has 0 radical (unpaired) electrons. The molecule has 3 amide bonds. The van der Waals surface area contributed by atoms with Gasteiger partial charge < -0.3 is 21.1 Å². The predicted molar refractivity (Wildman–Crippen MR) is 126 cm³/mol. The van der Waals surface area contributed by atoms with E-state index in [-0.39, 0.29) is 36.3 Å². The van der Waals surface area contributed by atoms with Crippen LogP contribution in [0.5, 0.6) is 5.75 Å². The molecule has 4 N–H and O–H groups in total. The Labute approximate surface area is 194 Å². The van der Waals surface area contributed by atoms with Gasteiger partial charge in [-0.15, -0.1) is 0 Å². The maximum absolute atomic E-state index is 12.9. The van der Waals surface area contributed by atoms with Gasteiger partial charge in [0.2, 0.25) is 11.8 Å². The molecule has 1 aliphatic rings. The Bertz CT molecular complexity index is 964. The van der Waals surface area contributed by atoms with Gasteiger partial charge in [-0.25, -0.2) is 0 Å². The van der Waals surface area contributed by atoms with Gasteiger partial charge in [0.25, 0.3) is 5.91 Å². The van der Waals surface area contributed by atoms with Crippen molar-refractivity contribution in [1.82, 2.24) is 10.2 Å². The summed E-state index contributed by atoms with van der Waals surface area (Å²) >= 11 is 0. The van der Waals surface area contributed by atoms with Gasteiger partial charge in [0.1, 0.15) is 11.8 Å². The zero-order chi connectivity index (χ0) is 23.8. The SMILES string of the molecule is CC(C)C(NC(=O)COc1ccccc1)C(=O)Nc1cccc(CN2CCCC2C(N)=O)c1. The summed E-state index contributed by atoms with van der Waals surface area (Å²) in [4.78, 5) is 39.0. The summed E-state index contributed by atoms with van der Waals surface area (Å²) in [6.45, 7) is 4.97. The predicted octanol–water partition coefficient (Wildman–Crippen LogP) is 2.29. The molecule has 0 saturated carbocycles. The van der Waals surface area contributed by atoms with Crippen LogP contribution >= 0.6 is 0 Å². The molecule has 8 nitrogen and oxygen atoms in total. The number of para-hydroxylation sites is 1. The van der Waals surface area contributed by atoms with Crippen molar-refractivity contribution in [3.63, 3.8) is 0 Å². The third kappa shape index (κ3) is 7.05. The third-order valence-electron chi connectivity index (χ3n) is 5.65. The van der Waals surface area contributed by atoms with Crippen LogP contribution in [0.25, 0.3) is 0 Å². The fourth-order valence-electron chi connectivity index (χ4n) is 3.96. The summed E-state index contributed by atoms with van der Waals surface area (Å²) < 4.78 is 5.47. The number of likely N-dealkylation sites (tertiary alicyclic amines) is 1. The van der Waals surface area contributed by atoms with Crippen molar-refractivity contribution in [3.8, 4) is 5.75 Å². The number of carbonyl (C=O) groups is 3. The summed E-state index contributed by atoms with van der Waals surface area (Å²) in [6.07, 6.45) is 1.71. The zero-order valence-corrected chi connectivity index (χ0v) is 19.1. The number of amides is 3. The van der Waals surface area contributed by atoms with Crippen molar-refractivity contribution in [3.05, 3.63) is 60.2 Å². The molecule has 2 unspecified atom stereocenters. The van der Waals surface area contributed by atoms with Crippen LogP contribution in [0.4, 0.5) is 5.69 Å². The number of nitrogens with zero attached hydrogens (tertiary/aromatic N) is 1. The van der Waals surface area contributed by atoms with Gasteiger partial charge in [-0.1, -0.05) is 44.2 Å². The summed E-state index contributed by atoms with van der Waals surface area (Å²) in [5, 5.41) is 5.66. The van der Waals surface area contributed by atoms with Gasteiger partial charge in [0.15, 0.2) is 6.61 Å². The van der Waals surface area contributed by atoms with E-state index in [9.17, 15) is 14.4 Å². The highest BCUT2D eigenvalue weighted by Gasteiger charge is 2.29. The van der Waals surface area contributed by atoms with Gasteiger partial charge in [-0.05, 0) is 55.1 Å². The van der Waals surface area contributed by atoms with Crippen LogP contribution in [0.2, 0.25) is 0 Å². The van der Waals surface area contributed by atoms with Gasteiger partial charge >= 0.3 is 0 Å². The van der Waals surface area contributed by atoms with E-state index in [2.05, 4.69) is 15.5 Å². The van der Waals surface area contributed by atoms with E-state index in [0.29, 0.717) is 18.0 Å². The van der Waals surface area contributed by atoms with Crippen LogP contribution < -0.4 is 21.1 Å². The molecule has 1 heterocycles. The fourth-order valence-corrected chi connectivity index (χ4v) is 3.96. The summed E-state index contributed by atoms with van der Waals surface area (Å²) in [5.74, 6) is -0.496. The normalized spacial score (nSPS) is 16.9. The lowest BCUT2D eigenvalue weighted by Gasteiger charge is -2.23. The second kappa shape index (κ2) is 11.5. The standard InChI is InChI=1S/C25H32N4O4/c1-17(2)23(28-22(30)16-33-20-10-4-3-5-11-20)25(32)27-19-9-6-8-18(14-19)15-29-13-7-12-21(29)24(26)31/h3-6,8-11,14,17,21,23H,7,12-13,15-16H2,1-2H3,(H2,26,31)(H,27,32)(H,28,30). The number of nitrogens with one attached hydrogen (secondary N) is 2. The first kappa shape index (κ1) is 24.3. The summed E-state index contributed by atoms with van der Waals surface area (Å²) in [7, 11) is 0. The molecular weight excluding hydrogens is 420 g/mol. The van der Waals surface area contributed by atoms with Crippen molar-refractivity contribution in [2.75, 3.05) is 18.5 Å². The van der Waals surface area contributed by atoms with Crippen LogP contribution in [0.3, 0.4) is 0 Å². The highest BCUT2D eigenvalue weighted by Crippen LogP contribution is 2.21. The lowest BCUT2D eigenvalue weighted by molar-refractivity contribution is -0.128. The Balaban J connectivity index is 1.58. The molecular formula is C25H32N4O4. The maximum Gasteiger partial charge on any atom is 0.258 e. The second-order valence-corrected chi connectivity index (χ2v) is 8.61. The van der Waals surface area contributed by atoms with E-state index in [0.717, 1.165) is 24.9 Å². The number of nitrogens with two attached hydrogens (primary N) is 1. The minimum atomic E-state index is -0.710.